The Hall–Kier alpha value is -3.10. The zero-order valence-electron chi connectivity index (χ0n) is 20.5. The van der Waals surface area contributed by atoms with Gasteiger partial charge in [0.15, 0.2) is 5.82 Å². The molecule has 0 radical (unpaired) electrons. The van der Waals surface area contributed by atoms with Gasteiger partial charge >= 0.3 is 0 Å². The molecule has 1 saturated heterocycles. The van der Waals surface area contributed by atoms with Crippen molar-refractivity contribution < 1.29 is 4.39 Å². The van der Waals surface area contributed by atoms with Crippen LogP contribution in [0, 0.1) is 12.7 Å². The number of allylic oxidation sites excluding steroid dienone is 2. The van der Waals surface area contributed by atoms with Crippen molar-refractivity contribution in [3.8, 4) is 11.3 Å². The summed E-state index contributed by atoms with van der Waals surface area (Å²) in [5.41, 5.74) is 10.8. The summed E-state index contributed by atoms with van der Waals surface area (Å²) in [6.07, 6.45) is 5.23. The molecule has 1 atom stereocenters. The molecule has 3 heterocycles. The SMILES string of the molecule is C=C/C=C(\C(N)c1cc(-c2cc(F)c3nc(C)n(C(C)C)c3c2)ncn1)N1CCN(CC)CC1. The predicted octanol–water partition coefficient (Wildman–Crippen LogP) is 4.23. The van der Waals surface area contributed by atoms with E-state index in [1.165, 1.54) is 12.4 Å². The number of benzene rings is 1. The maximum Gasteiger partial charge on any atom is 0.151 e. The van der Waals surface area contributed by atoms with Crippen molar-refractivity contribution in [2.45, 2.75) is 39.8 Å². The number of nitrogens with zero attached hydrogens (tertiary/aromatic N) is 6. The topological polar surface area (TPSA) is 76.1 Å². The van der Waals surface area contributed by atoms with Gasteiger partial charge in [-0.25, -0.2) is 19.3 Å². The van der Waals surface area contributed by atoms with E-state index in [9.17, 15) is 0 Å². The van der Waals surface area contributed by atoms with Gasteiger partial charge in [0.05, 0.1) is 22.9 Å². The van der Waals surface area contributed by atoms with Crippen molar-refractivity contribution in [2.24, 2.45) is 5.73 Å². The van der Waals surface area contributed by atoms with Crippen molar-refractivity contribution in [1.82, 2.24) is 29.3 Å². The van der Waals surface area contributed by atoms with Gasteiger partial charge in [0, 0.05) is 43.5 Å². The maximum absolute atomic E-state index is 15.0. The highest BCUT2D eigenvalue weighted by molar-refractivity contribution is 5.82. The van der Waals surface area contributed by atoms with Crippen LogP contribution in [-0.2, 0) is 0 Å². The van der Waals surface area contributed by atoms with E-state index in [0.29, 0.717) is 22.5 Å². The van der Waals surface area contributed by atoms with Crippen LogP contribution in [0.4, 0.5) is 4.39 Å². The van der Waals surface area contributed by atoms with Crippen molar-refractivity contribution in [3.63, 3.8) is 0 Å². The normalized spacial score (nSPS) is 16.4. The fourth-order valence-corrected chi connectivity index (χ4v) is 4.77. The predicted molar refractivity (Wildman–Crippen MR) is 135 cm³/mol. The molecule has 3 aromatic rings. The number of piperazine rings is 1. The highest BCUT2D eigenvalue weighted by atomic mass is 19.1. The standard InChI is InChI=1S/C26H34FN7/c1-6-8-23(33-11-9-32(7-2)10-12-33)25(28)22-15-21(29-16-30-22)19-13-20(27)26-24(14-19)34(17(3)4)18(5)31-26/h6,8,13-17,25H,1,7,9-12,28H2,2-5H3/b23-8+. The molecule has 0 aliphatic carbocycles. The Morgan fingerprint density at radius 3 is 2.56 bits per heavy atom. The zero-order chi connectivity index (χ0) is 24.4. The largest absolute Gasteiger partial charge is 0.371 e. The quantitative estimate of drug-likeness (QED) is 0.529. The number of halogens is 1. The molecule has 0 amide bonds. The fraction of sp³-hybridized carbons (Fsp3) is 0.423. The molecule has 2 aromatic heterocycles. The minimum atomic E-state index is -0.440. The van der Waals surface area contributed by atoms with E-state index in [4.69, 9.17) is 5.73 Å². The number of aryl methyl sites for hydroxylation is 1. The molecular formula is C26H34FN7. The van der Waals surface area contributed by atoms with Gasteiger partial charge in [0.25, 0.3) is 0 Å². The van der Waals surface area contributed by atoms with E-state index < -0.39 is 6.04 Å². The number of rotatable bonds is 7. The lowest BCUT2D eigenvalue weighted by Gasteiger charge is -2.38. The first kappa shape index (κ1) is 24.0. The number of imidazole rings is 1. The van der Waals surface area contributed by atoms with Crippen LogP contribution in [-0.4, -0.2) is 62.0 Å². The Bertz CT molecular complexity index is 1210. The van der Waals surface area contributed by atoms with E-state index >= 15 is 4.39 Å². The highest BCUT2D eigenvalue weighted by Gasteiger charge is 2.24. The summed E-state index contributed by atoms with van der Waals surface area (Å²) in [7, 11) is 0. The molecule has 1 aromatic carbocycles. The summed E-state index contributed by atoms with van der Waals surface area (Å²) in [6.45, 7) is 16.9. The summed E-state index contributed by atoms with van der Waals surface area (Å²) in [5.74, 6) is 0.425. The highest BCUT2D eigenvalue weighted by Crippen LogP contribution is 2.30. The van der Waals surface area contributed by atoms with Gasteiger partial charge in [-0.1, -0.05) is 19.6 Å². The first-order chi connectivity index (χ1) is 16.3. The molecule has 34 heavy (non-hydrogen) atoms. The fourth-order valence-electron chi connectivity index (χ4n) is 4.77. The number of fused-ring (bicyclic) bond motifs is 1. The minimum Gasteiger partial charge on any atom is -0.371 e. The molecule has 7 nitrogen and oxygen atoms in total. The first-order valence-electron chi connectivity index (χ1n) is 11.9. The molecule has 1 unspecified atom stereocenters. The Labute approximate surface area is 200 Å². The Kier molecular flexibility index (Phi) is 7.09. The molecule has 8 heteroatoms. The van der Waals surface area contributed by atoms with Crippen molar-refractivity contribution in [3.05, 3.63) is 66.3 Å². The van der Waals surface area contributed by atoms with Gasteiger partial charge in [-0.05, 0) is 51.6 Å². The van der Waals surface area contributed by atoms with E-state index in [2.05, 4.69) is 52.1 Å². The van der Waals surface area contributed by atoms with Crippen LogP contribution in [0.2, 0.25) is 0 Å². The van der Waals surface area contributed by atoms with Gasteiger partial charge in [-0.3, -0.25) is 0 Å². The third kappa shape index (κ3) is 4.60. The van der Waals surface area contributed by atoms with Crippen LogP contribution in [0.5, 0.6) is 0 Å². The minimum absolute atomic E-state index is 0.161. The monoisotopic (exact) mass is 463 g/mol. The number of hydrogen-bond acceptors (Lipinski definition) is 6. The molecule has 0 bridgehead atoms. The van der Waals surface area contributed by atoms with Crippen LogP contribution in [0.25, 0.3) is 22.3 Å². The zero-order valence-corrected chi connectivity index (χ0v) is 20.5. The summed E-state index contributed by atoms with van der Waals surface area (Å²) >= 11 is 0. The first-order valence-corrected chi connectivity index (χ1v) is 11.9. The molecule has 4 rings (SSSR count). The summed E-state index contributed by atoms with van der Waals surface area (Å²) in [6, 6.07) is 5.01. The average Bonchev–Trinajstić information content (AvgIpc) is 3.19. The van der Waals surface area contributed by atoms with Crippen molar-refractivity contribution >= 4 is 11.0 Å². The van der Waals surface area contributed by atoms with Crippen LogP contribution < -0.4 is 5.73 Å². The van der Waals surface area contributed by atoms with Crippen LogP contribution >= 0.6 is 0 Å². The van der Waals surface area contributed by atoms with E-state index in [0.717, 1.165) is 49.8 Å². The Morgan fingerprint density at radius 2 is 1.91 bits per heavy atom. The van der Waals surface area contributed by atoms with E-state index in [-0.39, 0.29) is 11.9 Å². The van der Waals surface area contributed by atoms with Gasteiger partial charge < -0.3 is 20.1 Å². The summed E-state index contributed by atoms with van der Waals surface area (Å²) in [4.78, 5) is 18.1. The van der Waals surface area contributed by atoms with Crippen LogP contribution in [0.15, 0.2) is 49.0 Å². The molecule has 0 spiro atoms. The molecule has 1 fully saturated rings. The molecule has 1 aliphatic rings. The number of nitrogens with two attached hydrogens (primary N) is 1. The number of aromatic nitrogens is 4. The third-order valence-electron chi connectivity index (χ3n) is 6.54. The second kappa shape index (κ2) is 10.0. The Morgan fingerprint density at radius 1 is 1.18 bits per heavy atom. The Balaban J connectivity index is 1.69. The van der Waals surface area contributed by atoms with E-state index in [1.54, 1.807) is 6.08 Å². The van der Waals surface area contributed by atoms with Crippen molar-refractivity contribution in [2.75, 3.05) is 32.7 Å². The second-order valence-electron chi connectivity index (χ2n) is 9.00. The van der Waals surface area contributed by atoms with Gasteiger partial charge in [0.1, 0.15) is 17.7 Å². The molecule has 0 saturated carbocycles. The van der Waals surface area contributed by atoms with Gasteiger partial charge in [-0.2, -0.15) is 0 Å². The molecule has 2 N–H and O–H groups in total. The van der Waals surface area contributed by atoms with Crippen molar-refractivity contribution in [1.29, 1.82) is 0 Å². The molecule has 1 aliphatic heterocycles. The smallest absolute Gasteiger partial charge is 0.151 e. The third-order valence-corrected chi connectivity index (χ3v) is 6.54. The van der Waals surface area contributed by atoms with Crippen LogP contribution in [0.1, 0.15) is 44.4 Å². The van der Waals surface area contributed by atoms with Gasteiger partial charge in [-0.15, -0.1) is 0 Å². The number of hydrogen-bond donors (Lipinski definition) is 1. The van der Waals surface area contributed by atoms with Crippen LogP contribution in [0.3, 0.4) is 0 Å². The average molecular weight is 464 g/mol. The maximum atomic E-state index is 15.0. The summed E-state index contributed by atoms with van der Waals surface area (Å²) in [5, 5.41) is 0. The molecule has 180 valence electrons. The lowest BCUT2D eigenvalue weighted by molar-refractivity contribution is 0.159. The summed E-state index contributed by atoms with van der Waals surface area (Å²) < 4.78 is 17.0. The van der Waals surface area contributed by atoms with E-state index in [1.807, 2.05) is 29.7 Å². The molecular weight excluding hydrogens is 429 g/mol. The lowest BCUT2D eigenvalue weighted by atomic mass is 10.0. The second-order valence-corrected chi connectivity index (χ2v) is 9.00. The number of likely N-dealkylation sites (N-methyl/N-ethyl adjacent to an activating group) is 1. The lowest BCUT2D eigenvalue weighted by Crippen LogP contribution is -2.47. The van der Waals surface area contributed by atoms with Gasteiger partial charge in [0.2, 0.25) is 0 Å².